The number of benzene rings is 1. The molecule has 0 heterocycles. The van der Waals surface area contributed by atoms with Crippen LogP contribution in [0.2, 0.25) is 0 Å². The van der Waals surface area contributed by atoms with E-state index in [1.165, 1.54) is 0 Å². The summed E-state index contributed by atoms with van der Waals surface area (Å²) in [5.74, 6) is 2.19. The lowest BCUT2D eigenvalue weighted by atomic mass is 10.1. The molecule has 3 heteroatoms. The Labute approximate surface area is 89.4 Å². The SMILES string of the molecule is C#CCNC(=O)c1ccc(COC)cc1. The van der Waals surface area contributed by atoms with Gasteiger partial charge in [0.1, 0.15) is 0 Å². The van der Waals surface area contributed by atoms with Crippen molar-refractivity contribution in [2.45, 2.75) is 6.61 Å². The quantitative estimate of drug-likeness (QED) is 0.747. The van der Waals surface area contributed by atoms with Gasteiger partial charge in [0.2, 0.25) is 0 Å². The van der Waals surface area contributed by atoms with Crippen LogP contribution in [-0.4, -0.2) is 19.6 Å². The predicted molar refractivity (Wildman–Crippen MR) is 58.3 cm³/mol. The second-order valence-corrected chi connectivity index (χ2v) is 3.02. The van der Waals surface area contributed by atoms with Crippen LogP contribution in [0.5, 0.6) is 0 Å². The van der Waals surface area contributed by atoms with Crippen LogP contribution in [-0.2, 0) is 11.3 Å². The van der Waals surface area contributed by atoms with Gasteiger partial charge in [0.05, 0.1) is 13.2 Å². The number of carbonyl (C=O) groups excluding carboxylic acids is 1. The zero-order valence-electron chi connectivity index (χ0n) is 8.62. The van der Waals surface area contributed by atoms with Gasteiger partial charge in [-0.2, -0.15) is 0 Å². The van der Waals surface area contributed by atoms with Gasteiger partial charge in [-0.1, -0.05) is 18.1 Å². The molecule has 0 aliphatic heterocycles. The van der Waals surface area contributed by atoms with Gasteiger partial charge in [-0.25, -0.2) is 0 Å². The van der Waals surface area contributed by atoms with Crippen LogP contribution < -0.4 is 5.32 Å². The average molecular weight is 203 g/mol. The van der Waals surface area contributed by atoms with Gasteiger partial charge in [-0.15, -0.1) is 6.42 Å². The van der Waals surface area contributed by atoms with Gasteiger partial charge in [-0.05, 0) is 17.7 Å². The Kier molecular flexibility index (Phi) is 4.39. The summed E-state index contributed by atoms with van der Waals surface area (Å²) in [6.07, 6.45) is 5.04. The molecule has 0 aromatic heterocycles. The Morgan fingerprint density at radius 1 is 1.47 bits per heavy atom. The van der Waals surface area contributed by atoms with Gasteiger partial charge < -0.3 is 10.1 Å². The molecular weight excluding hydrogens is 190 g/mol. The van der Waals surface area contributed by atoms with Crippen molar-refractivity contribution < 1.29 is 9.53 Å². The van der Waals surface area contributed by atoms with Gasteiger partial charge in [0.15, 0.2) is 0 Å². The first kappa shape index (κ1) is 11.3. The van der Waals surface area contributed by atoms with Crippen LogP contribution in [0.15, 0.2) is 24.3 Å². The van der Waals surface area contributed by atoms with Crippen molar-refractivity contribution >= 4 is 5.91 Å². The highest BCUT2D eigenvalue weighted by Crippen LogP contribution is 2.05. The molecule has 1 rings (SSSR count). The van der Waals surface area contributed by atoms with E-state index < -0.39 is 0 Å². The van der Waals surface area contributed by atoms with Gasteiger partial charge in [-0.3, -0.25) is 4.79 Å². The summed E-state index contributed by atoms with van der Waals surface area (Å²) in [4.78, 5) is 11.4. The largest absolute Gasteiger partial charge is 0.380 e. The first-order valence-electron chi connectivity index (χ1n) is 4.57. The minimum atomic E-state index is -0.156. The minimum absolute atomic E-state index is 0.156. The number of terminal acetylenes is 1. The number of ether oxygens (including phenoxy) is 1. The van der Waals surface area contributed by atoms with E-state index in [4.69, 9.17) is 11.2 Å². The fourth-order valence-electron chi connectivity index (χ4n) is 1.15. The molecule has 0 fully saturated rings. The first-order valence-corrected chi connectivity index (χ1v) is 4.57. The lowest BCUT2D eigenvalue weighted by molar-refractivity contribution is 0.0958. The molecule has 1 aromatic rings. The summed E-state index contributed by atoms with van der Waals surface area (Å²) < 4.78 is 4.97. The van der Waals surface area contributed by atoms with Crippen molar-refractivity contribution in [2.24, 2.45) is 0 Å². The van der Waals surface area contributed by atoms with E-state index in [0.717, 1.165) is 5.56 Å². The number of hydrogen-bond donors (Lipinski definition) is 1. The molecule has 1 aromatic carbocycles. The molecule has 0 aliphatic carbocycles. The minimum Gasteiger partial charge on any atom is -0.380 e. The number of rotatable bonds is 4. The molecule has 0 saturated carbocycles. The molecule has 0 unspecified atom stereocenters. The van der Waals surface area contributed by atoms with Crippen molar-refractivity contribution in [1.29, 1.82) is 0 Å². The third kappa shape index (κ3) is 3.45. The molecule has 78 valence electrons. The fourth-order valence-corrected chi connectivity index (χ4v) is 1.15. The summed E-state index contributed by atoms with van der Waals surface area (Å²) in [5, 5.41) is 2.59. The number of amides is 1. The number of hydrogen-bond acceptors (Lipinski definition) is 2. The summed E-state index contributed by atoms with van der Waals surface area (Å²) in [6, 6.07) is 7.21. The number of carbonyl (C=O) groups is 1. The Morgan fingerprint density at radius 2 is 2.13 bits per heavy atom. The van der Waals surface area contributed by atoms with Gasteiger partial charge in [0, 0.05) is 12.7 Å². The predicted octanol–water partition coefficient (Wildman–Crippen LogP) is 1.20. The maximum absolute atomic E-state index is 11.4. The molecule has 1 amide bonds. The highest BCUT2D eigenvalue weighted by Gasteiger charge is 2.03. The lowest BCUT2D eigenvalue weighted by Gasteiger charge is -2.03. The Hall–Kier alpha value is -1.79. The molecule has 1 N–H and O–H groups in total. The molecule has 0 spiro atoms. The number of methoxy groups -OCH3 is 1. The monoisotopic (exact) mass is 203 g/mol. The Bertz CT molecular complexity index is 362. The van der Waals surface area contributed by atoms with Crippen molar-refractivity contribution in [3.05, 3.63) is 35.4 Å². The van der Waals surface area contributed by atoms with Crippen molar-refractivity contribution in [2.75, 3.05) is 13.7 Å². The van der Waals surface area contributed by atoms with Crippen molar-refractivity contribution in [1.82, 2.24) is 5.32 Å². The maximum atomic E-state index is 11.4. The zero-order chi connectivity index (χ0) is 11.1. The third-order valence-corrected chi connectivity index (χ3v) is 1.88. The summed E-state index contributed by atoms with van der Waals surface area (Å²) in [6.45, 7) is 0.797. The fraction of sp³-hybridized carbons (Fsp3) is 0.250. The van der Waals surface area contributed by atoms with E-state index in [2.05, 4.69) is 11.2 Å². The summed E-state index contributed by atoms with van der Waals surface area (Å²) in [7, 11) is 1.63. The third-order valence-electron chi connectivity index (χ3n) is 1.88. The van der Waals surface area contributed by atoms with E-state index in [1.807, 2.05) is 12.1 Å². The molecular formula is C12H13NO2. The van der Waals surface area contributed by atoms with Crippen LogP contribution in [0.4, 0.5) is 0 Å². The smallest absolute Gasteiger partial charge is 0.252 e. The van der Waals surface area contributed by atoms with Crippen LogP contribution in [0.3, 0.4) is 0 Å². The topological polar surface area (TPSA) is 38.3 Å². The van der Waals surface area contributed by atoms with Crippen LogP contribution in [0.25, 0.3) is 0 Å². The zero-order valence-corrected chi connectivity index (χ0v) is 8.62. The van der Waals surface area contributed by atoms with Gasteiger partial charge in [0.25, 0.3) is 5.91 Å². The van der Waals surface area contributed by atoms with E-state index in [0.29, 0.717) is 12.2 Å². The normalized spacial score (nSPS) is 9.33. The molecule has 3 nitrogen and oxygen atoms in total. The second-order valence-electron chi connectivity index (χ2n) is 3.02. The Balaban J connectivity index is 2.63. The van der Waals surface area contributed by atoms with Crippen LogP contribution in [0.1, 0.15) is 15.9 Å². The van der Waals surface area contributed by atoms with Crippen LogP contribution in [0, 0.1) is 12.3 Å². The molecule has 0 aliphatic rings. The standard InChI is InChI=1S/C12H13NO2/c1-3-8-13-12(14)11-6-4-10(5-7-11)9-15-2/h1,4-7H,8-9H2,2H3,(H,13,14). The summed E-state index contributed by atoms with van der Waals surface area (Å²) in [5.41, 5.74) is 1.64. The summed E-state index contributed by atoms with van der Waals surface area (Å²) >= 11 is 0. The molecule has 0 bridgehead atoms. The highest BCUT2D eigenvalue weighted by molar-refractivity contribution is 5.94. The molecule has 0 atom stereocenters. The first-order chi connectivity index (χ1) is 7.27. The van der Waals surface area contributed by atoms with Crippen molar-refractivity contribution in [3.63, 3.8) is 0 Å². The van der Waals surface area contributed by atoms with E-state index in [1.54, 1.807) is 19.2 Å². The van der Waals surface area contributed by atoms with Gasteiger partial charge >= 0.3 is 0 Å². The molecule has 0 saturated heterocycles. The van der Waals surface area contributed by atoms with E-state index in [9.17, 15) is 4.79 Å². The maximum Gasteiger partial charge on any atom is 0.252 e. The van der Waals surface area contributed by atoms with Crippen molar-refractivity contribution in [3.8, 4) is 12.3 Å². The lowest BCUT2D eigenvalue weighted by Crippen LogP contribution is -2.23. The van der Waals surface area contributed by atoms with E-state index >= 15 is 0 Å². The van der Waals surface area contributed by atoms with E-state index in [-0.39, 0.29) is 12.5 Å². The number of nitrogens with one attached hydrogen (secondary N) is 1. The second kappa shape index (κ2) is 5.84. The van der Waals surface area contributed by atoms with Crippen LogP contribution >= 0.6 is 0 Å². The molecule has 0 radical (unpaired) electrons. The molecule has 15 heavy (non-hydrogen) atoms. The highest BCUT2D eigenvalue weighted by atomic mass is 16.5. The average Bonchev–Trinajstić information content (AvgIpc) is 2.27. The Morgan fingerprint density at radius 3 is 2.67 bits per heavy atom.